The number of halogens is 3. The van der Waals surface area contributed by atoms with Crippen molar-refractivity contribution in [3.05, 3.63) is 59.8 Å². The molecule has 1 aliphatic rings. The SMILES string of the molecule is COc1cnc(C(=O)Nc2cnn3c2C(=O)N(c2ccc(C(F)(F)F)cc2)C[C@@H]3C)cn1. The van der Waals surface area contributed by atoms with Crippen molar-refractivity contribution in [3.8, 4) is 5.88 Å². The number of amides is 2. The normalized spacial score (nSPS) is 16.0. The van der Waals surface area contributed by atoms with Crippen LogP contribution in [0.2, 0.25) is 0 Å². The Bertz CT molecular complexity index is 1160. The molecule has 9 nitrogen and oxygen atoms in total. The molecule has 3 aromatic rings. The van der Waals surface area contributed by atoms with Crippen LogP contribution in [-0.2, 0) is 6.18 Å². The van der Waals surface area contributed by atoms with Crippen LogP contribution in [0.15, 0.2) is 42.9 Å². The van der Waals surface area contributed by atoms with Crippen LogP contribution in [-0.4, -0.2) is 45.2 Å². The quantitative estimate of drug-likeness (QED) is 0.661. The van der Waals surface area contributed by atoms with Crippen molar-refractivity contribution in [2.45, 2.75) is 19.1 Å². The number of ether oxygens (including phenoxy) is 1. The molecule has 0 bridgehead atoms. The maximum atomic E-state index is 13.2. The first-order valence-corrected chi connectivity index (χ1v) is 9.43. The van der Waals surface area contributed by atoms with E-state index in [0.29, 0.717) is 5.69 Å². The van der Waals surface area contributed by atoms with Gasteiger partial charge >= 0.3 is 6.18 Å². The van der Waals surface area contributed by atoms with E-state index in [0.717, 1.165) is 12.1 Å². The van der Waals surface area contributed by atoms with Gasteiger partial charge in [0.1, 0.15) is 5.69 Å². The molecule has 1 aliphatic heterocycles. The van der Waals surface area contributed by atoms with Gasteiger partial charge in [-0.05, 0) is 31.2 Å². The summed E-state index contributed by atoms with van der Waals surface area (Å²) < 4.78 is 45.0. The molecule has 0 fully saturated rings. The van der Waals surface area contributed by atoms with Gasteiger partial charge in [-0.2, -0.15) is 18.3 Å². The number of fused-ring (bicyclic) bond motifs is 1. The third-order valence-corrected chi connectivity index (χ3v) is 4.93. The van der Waals surface area contributed by atoms with Crippen LogP contribution in [0.25, 0.3) is 0 Å². The second-order valence-corrected chi connectivity index (χ2v) is 7.06. The summed E-state index contributed by atoms with van der Waals surface area (Å²) in [4.78, 5) is 34.9. The van der Waals surface area contributed by atoms with E-state index in [1.54, 1.807) is 6.92 Å². The maximum absolute atomic E-state index is 13.2. The van der Waals surface area contributed by atoms with Gasteiger partial charge in [-0.25, -0.2) is 9.97 Å². The Morgan fingerprint density at radius 1 is 1.16 bits per heavy atom. The van der Waals surface area contributed by atoms with Crippen molar-refractivity contribution in [1.29, 1.82) is 0 Å². The van der Waals surface area contributed by atoms with Gasteiger partial charge in [0.2, 0.25) is 5.88 Å². The number of nitrogens with one attached hydrogen (secondary N) is 1. The summed E-state index contributed by atoms with van der Waals surface area (Å²) in [7, 11) is 1.41. The first kappa shape index (κ1) is 21.3. The van der Waals surface area contributed by atoms with Crippen molar-refractivity contribution in [3.63, 3.8) is 0 Å². The summed E-state index contributed by atoms with van der Waals surface area (Å²) in [6.07, 6.45) is -0.627. The number of benzene rings is 1. The Kier molecular flexibility index (Phi) is 5.28. The smallest absolute Gasteiger partial charge is 0.416 e. The minimum Gasteiger partial charge on any atom is -0.480 e. The van der Waals surface area contributed by atoms with Crippen molar-refractivity contribution in [2.75, 3.05) is 23.9 Å². The van der Waals surface area contributed by atoms with Gasteiger partial charge in [0.05, 0.1) is 43.0 Å². The average molecular weight is 446 g/mol. The monoisotopic (exact) mass is 446 g/mol. The van der Waals surface area contributed by atoms with Crippen LogP contribution in [0.3, 0.4) is 0 Å². The van der Waals surface area contributed by atoms with Crippen LogP contribution in [0.5, 0.6) is 5.88 Å². The van der Waals surface area contributed by atoms with Crippen LogP contribution in [0.4, 0.5) is 24.5 Å². The maximum Gasteiger partial charge on any atom is 0.416 e. The number of methoxy groups -OCH3 is 1. The summed E-state index contributed by atoms with van der Waals surface area (Å²) in [5, 5.41) is 6.78. The number of alkyl halides is 3. The largest absolute Gasteiger partial charge is 0.480 e. The van der Waals surface area contributed by atoms with E-state index in [9.17, 15) is 22.8 Å². The number of nitrogens with zero attached hydrogens (tertiary/aromatic N) is 5. The first-order valence-electron chi connectivity index (χ1n) is 9.43. The fraction of sp³-hybridized carbons (Fsp3) is 0.250. The van der Waals surface area contributed by atoms with E-state index in [4.69, 9.17) is 4.74 Å². The van der Waals surface area contributed by atoms with E-state index in [1.807, 2.05) is 0 Å². The molecule has 0 radical (unpaired) electrons. The van der Waals surface area contributed by atoms with Crippen molar-refractivity contribution < 1.29 is 27.5 Å². The van der Waals surface area contributed by atoms with E-state index in [-0.39, 0.29) is 35.5 Å². The number of hydrogen-bond donors (Lipinski definition) is 1. The van der Waals surface area contributed by atoms with Gasteiger partial charge < -0.3 is 15.0 Å². The molecular weight excluding hydrogens is 429 g/mol. The highest BCUT2D eigenvalue weighted by Crippen LogP contribution is 2.33. The molecule has 4 rings (SSSR count). The number of carbonyl (C=O) groups is 2. The minimum atomic E-state index is -4.47. The molecule has 2 amide bonds. The van der Waals surface area contributed by atoms with Crippen molar-refractivity contribution >= 4 is 23.2 Å². The number of anilines is 2. The van der Waals surface area contributed by atoms with Gasteiger partial charge in [-0.15, -0.1) is 0 Å². The van der Waals surface area contributed by atoms with Gasteiger partial charge in [-0.3, -0.25) is 14.3 Å². The Labute approximate surface area is 179 Å². The Hall–Kier alpha value is -3.96. The third-order valence-electron chi connectivity index (χ3n) is 4.93. The standard InChI is InChI=1S/C20H17F3N6O3/c1-11-10-28(13-5-3-12(4-6-13)20(21,22)23)19(31)17-14(8-26-29(11)17)27-18(30)15-7-25-16(32-2)9-24-15/h3-9,11H,10H2,1-2H3,(H,27,30)/t11-/m0/s1. The van der Waals surface area contributed by atoms with Crippen LogP contribution < -0.4 is 15.0 Å². The van der Waals surface area contributed by atoms with Crippen LogP contribution >= 0.6 is 0 Å². The molecule has 0 aliphatic carbocycles. The van der Waals surface area contributed by atoms with Gasteiger partial charge in [0.15, 0.2) is 5.69 Å². The molecule has 166 valence electrons. The topological polar surface area (TPSA) is 102 Å². The van der Waals surface area contributed by atoms with Gasteiger partial charge in [0, 0.05) is 12.2 Å². The predicted octanol–water partition coefficient (Wildman–Crippen LogP) is 3.17. The molecule has 3 heterocycles. The zero-order chi connectivity index (χ0) is 23.0. The van der Waals surface area contributed by atoms with E-state index >= 15 is 0 Å². The Morgan fingerprint density at radius 3 is 2.47 bits per heavy atom. The molecule has 0 saturated carbocycles. The molecular formula is C20H17F3N6O3. The second kappa shape index (κ2) is 7.94. The Morgan fingerprint density at radius 2 is 1.88 bits per heavy atom. The molecule has 1 N–H and O–H groups in total. The lowest BCUT2D eigenvalue weighted by Crippen LogP contribution is -2.43. The number of hydrogen-bond acceptors (Lipinski definition) is 6. The van der Waals surface area contributed by atoms with Gasteiger partial charge in [0.25, 0.3) is 11.8 Å². The molecule has 0 spiro atoms. The number of rotatable bonds is 4. The minimum absolute atomic E-state index is 0.00153. The van der Waals surface area contributed by atoms with E-state index in [2.05, 4.69) is 20.4 Å². The molecule has 1 atom stereocenters. The summed E-state index contributed by atoms with van der Waals surface area (Å²) in [5.41, 5.74) is -0.237. The first-order chi connectivity index (χ1) is 15.2. The molecule has 0 saturated heterocycles. The predicted molar refractivity (Wildman–Crippen MR) is 107 cm³/mol. The van der Waals surface area contributed by atoms with Crippen molar-refractivity contribution in [2.24, 2.45) is 0 Å². The lowest BCUT2D eigenvalue weighted by Gasteiger charge is -2.32. The van der Waals surface area contributed by atoms with Crippen LogP contribution in [0.1, 0.15) is 39.5 Å². The number of aromatic nitrogens is 4. The summed E-state index contributed by atoms with van der Waals surface area (Å²) in [6.45, 7) is 2.01. The fourth-order valence-corrected chi connectivity index (χ4v) is 3.33. The van der Waals surface area contributed by atoms with E-state index < -0.39 is 23.6 Å². The summed E-state index contributed by atoms with van der Waals surface area (Å²) in [5.74, 6) is -0.875. The summed E-state index contributed by atoms with van der Waals surface area (Å²) in [6, 6.07) is 4.04. The van der Waals surface area contributed by atoms with Crippen molar-refractivity contribution in [1.82, 2.24) is 19.7 Å². The molecule has 12 heteroatoms. The zero-order valence-electron chi connectivity index (χ0n) is 16.9. The molecule has 0 unspecified atom stereocenters. The highest BCUT2D eigenvalue weighted by molar-refractivity contribution is 6.12. The fourth-order valence-electron chi connectivity index (χ4n) is 3.33. The molecule has 2 aromatic heterocycles. The second-order valence-electron chi connectivity index (χ2n) is 7.06. The summed E-state index contributed by atoms with van der Waals surface area (Å²) >= 11 is 0. The lowest BCUT2D eigenvalue weighted by atomic mass is 10.1. The van der Waals surface area contributed by atoms with Gasteiger partial charge in [-0.1, -0.05) is 0 Å². The zero-order valence-corrected chi connectivity index (χ0v) is 16.9. The molecule has 1 aromatic carbocycles. The highest BCUT2D eigenvalue weighted by atomic mass is 19.4. The lowest BCUT2D eigenvalue weighted by molar-refractivity contribution is -0.137. The molecule has 32 heavy (non-hydrogen) atoms. The average Bonchev–Trinajstić information content (AvgIpc) is 3.20. The van der Waals surface area contributed by atoms with Crippen LogP contribution in [0, 0.1) is 0 Å². The van der Waals surface area contributed by atoms with E-state index in [1.165, 1.54) is 47.4 Å². The Balaban J connectivity index is 1.60. The third kappa shape index (κ3) is 3.86. The number of carbonyl (C=O) groups excluding carboxylic acids is 2. The highest BCUT2D eigenvalue weighted by Gasteiger charge is 2.35.